The fourth-order valence-corrected chi connectivity index (χ4v) is 4.24. The third kappa shape index (κ3) is 2.56. The van der Waals surface area contributed by atoms with Gasteiger partial charge in [-0.1, -0.05) is 12.8 Å². The van der Waals surface area contributed by atoms with Crippen molar-refractivity contribution >= 4 is 22.6 Å². The summed E-state index contributed by atoms with van der Waals surface area (Å²) in [6.45, 7) is 0. The molecule has 1 aliphatic carbocycles. The average Bonchev–Trinajstić information content (AvgIpc) is 3.37. The Morgan fingerprint density at radius 1 is 1.14 bits per heavy atom. The van der Waals surface area contributed by atoms with E-state index < -0.39 is 23.6 Å². The number of anilines is 1. The van der Waals surface area contributed by atoms with Crippen LogP contribution in [0.3, 0.4) is 0 Å². The molecule has 144 valence electrons. The lowest BCUT2D eigenvalue weighted by molar-refractivity contribution is -0.137. The van der Waals surface area contributed by atoms with E-state index in [1.54, 1.807) is 6.20 Å². The van der Waals surface area contributed by atoms with Gasteiger partial charge in [0.05, 0.1) is 28.9 Å². The van der Waals surface area contributed by atoms with Gasteiger partial charge in [0.1, 0.15) is 12.2 Å². The maximum absolute atomic E-state index is 13.2. The highest BCUT2D eigenvalue weighted by atomic mass is 19.4. The van der Waals surface area contributed by atoms with Gasteiger partial charge in [-0.25, -0.2) is 14.6 Å². The Balaban J connectivity index is 1.64. The predicted octanol–water partition coefficient (Wildman–Crippen LogP) is 4.04. The molecule has 3 aromatic rings. The van der Waals surface area contributed by atoms with Crippen molar-refractivity contribution in [2.45, 2.75) is 43.8 Å². The summed E-state index contributed by atoms with van der Waals surface area (Å²) in [5.41, 5.74) is 0.848. The van der Waals surface area contributed by atoms with Crippen LogP contribution >= 0.6 is 0 Å². The van der Waals surface area contributed by atoms with Crippen molar-refractivity contribution in [3.63, 3.8) is 0 Å². The van der Waals surface area contributed by atoms with E-state index in [0.29, 0.717) is 22.4 Å². The van der Waals surface area contributed by atoms with Crippen LogP contribution in [0.2, 0.25) is 0 Å². The van der Waals surface area contributed by atoms with E-state index in [-0.39, 0.29) is 11.6 Å². The van der Waals surface area contributed by atoms with Crippen molar-refractivity contribution in [2.24, 2.45) is 0 Å². The number of alkyl halides is 3. The Morgan fingerprint density at radius 2 is 1.93 bits per heavy atom. The Labute approximate surface area is 157 Å². The summed E-state index contributed by atoms with van der Waals surface area (Å²) in [6, 6.07) is 3.53. The molecule has 2 aliphatic rings. The minimum Gasteiger partial charge on any atom is -0.325 e. The highest BCUT2D eigenvalue weighted by Gasteiger charge is 2.38. The normalized spacial score (nSPS) is 20.0. The molecule has 0 bridgehead atoms. The smallest absolute Gasteiger partial charge is 0.325 e. The quantitative estimate of drug-likeness (QED) is 0.720. The zero-order chi connectivity index (χ0) is 19.5. The Kier molecular flexibility index (Phi) is 3.68. The van der Waals surface area contributed by atoms with Gasteiger partial charge < -0.3 is 5.32 Å². The number of nitrogens with one attached hydrogen (secondary N) is 1. The summed E-state index contributed by atoms with van der Waals surface area (Å²) < 4.78 is 41.4. The van der Waals surface area contributed by atoms with E-state index >= 15 is 0 Å². The standard InChI is InChI=1S/C19H16F3N5O/c20-19(21,22)10-5-6-14-12(7-10)15(18(28)26-14)16-13-8-25-27(11-3-1-2-4-11)17(13)24-9-23-16/h5-9,11,15H,1-4H2,(H,26,28). The number of amides is 1. The number of fused-ring (bicyclic) bond motifs is 2. The molecule has 0 radical (unpaired) electrons. The molecular formula is C19H16F3N5O. The van der Waals surface area contributed by atoms with Crippen molar-refractivity contribution in [2.75, 3.05) is 5.32 Å². The first-order chi connectivity index (χ1) is 13.4. The summed E-state index contributed by atoms with van der Waals surface area (Å²) in [5.74, 6) is -1.33. The lowest BCUT2D eigenvalue weighted by Crippen LogP contribution is -2.15. The molecule has 28 heavy (non-hydrogen) atoms. The molecule has 0 spiro atoms. The first kappa shape index (κ1) is 17.2. The Bertz CT molecular complexity index is 1080. The molecule has 3 heterocycles. The fraction of sp³-hybridized carbons (Fsp3) is 0.368. The highest BCUT2D eigenvalue weighted by molar-refractivity contribution is 6.06. The number of hydrogen-bond acceptors (Lipinski definition) is 4. The predicted molar refractivity (Wildman–Crippen MR) is 94.7 cm³/mol. The van der Waals surface area contributed by atoms with Crippen molar-refractivity contribution in [3.05, 3.63) is 47.5 Å². The number of benzene rings is 1. The number of aromatic nitrogens is 4. The van der Waals surface area contributed by atoms with Crippen molar-refractivity contribution in [3.8, 4) is 0 Å². The van der Waals surface area contributed by atoms with Gasteiger partial charge in [0.15, 0.2) is 5.65 Å². The van der Waals surface area contributed by atoms with E-state index in [9.17, 15) is 18.0 Å². The zero-order valence-corrected chi connectivity index (χ0v) is 14.7. The Morgan fingerprint density at radius 3 is 2.68 bits per heavy atom. The molecular weight excluding hydrogens is 371 g/mol. The molecule has 2 aromatic heterocycles. The molecule has 0 saturated heterocycles. The van der Waals surface area contributed by atoms with Gasteiger partial charge in [-0.15, -0.1) is 0 Å². The number of hydrogen-bond donors (Lipinski definition) is 1. The second kappa shape index (κ2) is 6.02. The summed E-state index contributed by atoms with van der Waals surface area (Å²) in [5, 5.41) is 7.70. The van der Waals surface area contributed by atoms with E-state index in [2.05, 4.69) is 20.4 Å². The van der Waals surface area contributed by atoms with E-state index in [4.69, 9.17) is 0 Å². The van der Waals surface area contributed by atoms with Gasteiger partial charge in [0.2, 0.25) is 5.91 Å². The van der Waals surface area contributed by atoms with Crippen LogP contribution in [0.1, 0.15) is 54.5 Å². The number of carbonyl (C=O) groups is 1. The molecule has 1 aliphatic heterocycles. The third-order valence-electron chi connectivity index (χ3n) is 5.58. The molecule has 1 atom stereocenters. The van der Waals surface area contributed by atoms with Gasteiger partial charge in [-0.05, 0) is 36.6 Å². The van der Waals surface area contributed by atoms with Gasteiger partial charge in [0.25, 0.3) is 0 Å². The van der Waals surface area contributed by atoms with Crippen LogP contribution in [0.25, 0.3) is 11.0 Å². The summed E-state index contributed by atoms with van der Waals surface area (Å²) in [6.07, 6.45) is 2.76. The Hall–Kier alpha value is -2.97. The van der Waals surface area contributed by atoms with Crippen LogP contribution in [0.4, 0.5) is 18.9 Å². The van der Waals surface area contributed by atoms with E-state index in [0.717, 1.165) is 37.8 Å². The van der Waals surface area contributed by atoms with E-state index in [1.807, 2.05) is 4.68 Å². The fourth-order valence-electron chi connectivity index (χ4n) is 4.24. The molecule has 1 aromatic carbocycles. The van der Waals surface area contributed by atoms with Gasteiger partial charge in [0, 0.05) is 5.69 Å². The van der Waals surface area contributed by atoms with Crippen LogP contribution in [0.15, 0.2) is 30.7 Å². The van der Waals surface area contributed by atoms with Crippen LogP contribution < -0.4 is 5.32 Å². The molecule has 5 rings (SSSR count). The largest absolute Gasteiger partial charge is 0.416 e. The minimum atomic E-state index is -4.49. The lowest BCUT2D eigenvalue weighted by atomic mass is 9.94. The van der Waals surface area contributed by atoms with Gasteiger partial charge >= 0.3 is 6.18 Å². The first-order valence-corrected chi connectivity index (χ1v) is 9.13. The maximum atomic E-state index is 13.2. The highest BCUT2D eigenvalue weighted by Crippen LogP contribution is 2.42. The summed E-state index contributed by atoms with van der Waals surface area (Å²) in [7, 11) is 0. The molecule has 6 nitrogen and oxygen atoms in total. The summed E-state index contributed by atoms with van der Waals surface area (Å²) in [4.78, 5) is 21.2. The van der Waals surface area contributed by atoms with Gasteiger partial charge in [-0.2, -0.15) is 18.3 Å². The molecule has 1 N–H and O–H groups in total. The zero-order valence-electron chi connectivity index (χ0n) is 14.7. The van der Waals surface area contributed by atoms with Gasteiger partial charge in [-0.3, -0.25) is 4.79 Å². The number of halogens is 3. The second-order valence-electron chi connectivity index (χ2n) is 7.25. The average molecular weight is 387 g/mol. The lowest BCUT2D eigenvalue weighted by Gasteiger charge is -2.13. The number of rotatable bonds is 2. The monoisotopic (exact) mass is 387 g/mol. The second-order valence-corrected chi connectivity index (χ2v) is 7.25. The van der Waals surface area contributed by atoms with Crippen molar-refractivity contribution < 1.29 is 18.0 Å². The van der Waals surface area contributed by atoms with Crippen LogP contribution in [-0.2, 0) is 11.0 Å². The SMILES string of the molecule is O=C1Nc2ccc(C(F)(F)F)cc2C1c1ncnc2c1cnn2C1CCCC1. The number of carbonyl (C=O) groups excluding carboxylic acids is 1. The molecule has 1 amide bonds. The molecule has 9 heteroatoms. The van der Waals surface area contributed by atoms with E-state index in [1.165, 1.54) is 12.4 Å². The van der Waals surface area contributed by atoms with Crippen LogP contribution in [0.5, 0.6) is 0 Å². The molecule has 1 unspecified atom stereocenters. The topological polar surface area (TPSA) is 72.7 Å². The van der Waals surface area contributed by atoms with Crippen LogP contribution in [0, 0.1) is 0 Å². The maximum Gasteiger partial charge on any atom is 0.416 e. The third-order valence-corrected chi connectivity index (χ3v) is 5.58. The summed E-state index contributed by atoms with van der Waals surface area (Å²) >= 11 is 0. The van der Waals surface area contributed by atoms with Crippen molar-refractivity contribution in [1.82, 2.24) is 19.7 Å². The minimum absolute atomic E-state index is 0.252. The first-order valence-electron chi connectivity index (χ1n) is 9.13. The molecule has 1 fully saturated rings. The number of nitrogens with zero attached hydrogens (tertiary/aromatic N) is 4. The molecule has 1 saturated carbocycles. The van der Waals surface area contributed by atoms with Crippen LogP contribution in [-0.4, -0.2) is 25.7 Å². The van der Waals surface area contributed by atoms with Crippen molar-refractivity contribution in [1.29, 1.82) is 0 Å².